The van der Waals surface area contributed by atoms with Crippen LogP contribution in [0.5, 0.6) is 5.75 Å². The second-order valence-corrected chi connectivity index (χ2v) is 7.06. The van der Waals surface area contributed by atoms with Crippen LogP contribution < -0.4 is 10.1 Å². The lowest BCUT2D eigenvalue weighted by molar-refractivity contribution is -0.143. The summed E-state index contributed by atoms with van der Waals surface area (Å²) in [7, 11) is 1.60. The zero-order chi connectivity index (χ0) is 18.6. The Bertz CT molecular complexity index is 687. The molecular formula is C20H27N3O3. The molecule has 0 bridgehead atoms. The molecule has 0 aliphatic carbocycles. The molecule has 6 heteroatoms. The Morgan fingerprint density at radius 1 is 1.38 bits per heavy atom. The zero-order valence-electron chi connectivity index (χ0n) is 15.4. The number of ether oxygens (including phenoxy) is 1. The number of rotatable bonds is 4. The fourth-order valence-electron chi connectivity index (χ4n) is 4.14. The molecule has 26 heavy (non-hydrogen) atoms. The number of nitrogens with one attached hydrogen (secondary N) is 1. The fourth-order valence-corrected chi connectivity index (χ4v) is 4.14. The van der Waals surface area contributed by atoms with E-state index >= 15 is 0 Å². The molecule has 3 rings (SSSR count). The first-order valence-corrected chi connectivity index (χ1v) is 9.19. The third-order valence-corrected chi connectivity index (χ3v) is 5.38. The van der Waals surface area contributed by atoms with Crippen molar-refractivity contribution < 1.29 is 14.3 Å². The lowest BCUT2D eigenvalue weighted by atomic mass is 9.79. The van der Waals surface area contributed by atoms with Gasteiger partial charge in [0.05, 0.1) is 12.6 Å². The van der Waals surface area contributed by atoms with Crippen LogP contribution in [-0.2, 0) is 4.79 Å². The maximum atomic E-state index is 12.8. The highest BCUT2D eigenvalue weighted by atomic mass is 16.5. The van der Waals surface area contributed by atoms with Crippen molar-refractivity contribution in [1.82, 2.24) is 9.80 Å². The van der Waals surface area contributed by atoms with Gasteiger partial charge in [0.25, 0.3) is 0 Å². The Labute approximate surface area is 154 Å². The Balaban J connectivity index is 1.73. The Kier molecular flexibility index (Phi) is 5.49. The van der Waals surface area contributed by atoms with E-state index in [-0.39, 0.29) is 17.5 Å². The zero-order valence-corrected chi connectivity index (χ0v) is 15.4. The number of anilines is 1. The summed E-state index contributed by atoms with van der Waals surface area (Å²) in [5, 5.41) is 2.95. The summed E-state index contributed by atoms with van der Waals surface area (Å²) in [6.45, 7) is 5.61. The second kappa shape index (κ2) is 7.81. The van der Waals surface area contributed by atoms with Gasteiger partial charge in [0.1, 0.15) is 5.75 Å². The van der Waals surface area contributed by atoms with Gasteiger partial charge in [-0.05, 0) is 37.8 Å². The predicted octanol–water partition coefficient (Wildman–Crippen LogP) is 3.26. The van der Waals surface area contributed by atoms with E-state index < -0.39 is 0 Å². The average molecular weight is 357 g/mol. The number of hydrogen-bond acceptors (Lipinski definition) is 3. The van der Waals surface area contributed by atoms with Gasteiger partial charge in [-0.2, -0.15) is 0 Å². The third kappa shape index (κ3) is 3.69. The molecule has 3 amide bonds. The van der Waals surface area contributed by atoms with Gasteiger partial charge in [0.2, 0.25) is 5.91 Å². The largest absolute Gasteiger partial charge is 0.497 e. The SMILES string of the molecule is C=CCN1C(=O)CCC[C@@]12CCCN(C(=O)Nc1cccc(OC)c1)C2. The van der Waals surface area contributed by atoms with Crippen LogP contribution in [0.3, 0.4) is 0 Å². The molecule has 1 atom stereocenters. The van der Waals surface area contributed by atoms with Gasteiger partial charge >= 0.3 is 6.03 Å². The molecular weight excluding hydrogens is 330 g/mol. The normalized spacial score (nSPS) is 23.0. The first-order chi connectivity index (χ1) is 12.6. The first-order valence-electron chi connectivity index (χ1n) is 9.19. The molecule has 0 unspecified atom stereocenters. The molecule has 2 heterocycles. The van der Waals surface area contributed by atoms with Crippen molar-refractivity contribution in [2.75, 3.05) is 32.1 Å². The minimum atomic E-state index is -0.256. The summed E-state index contributed by atoms with van der Waals surface area (Å²) in [6, 6.07) is 7.19. The van der Waals surface area contributed by atoms with E-state index in [2.05, 4.69) is 11.9 Å². The summed E-state index contributed by atoms with van der Waals surface area (Å²) < 4.78 is 5.21. The summed E-state index contributed by atoms with van der Waals surface area (Å²) in [5.74, 6) is 0.874. The molecule has 2 aliphatic heterocycles. The number of piperidine rings is 2. The Morgan fingerprint density at radius 2 is 2.19 bits per heavy atom. The van der Waals surface area contributed by atoms with E-state index in [4.69, 9.17) is 4.74 Å². The van der Waals surface area contributed by atoms with Gasteiger partial charge < -0.3 is 19.9 Å². The van der Waals surface area contributed by atoms with Crippen LogP contribution in [-0.4, -0.2) is 54.0 Å². The van der Waals surface area contributed by atoms with Gasteiger partial charge in [-0.25, -0.2) is 4.79 Å². The molecule has 0 saturated carbocycles. The number of benzene rings is 1. The van der Waals surface area contributed by atoms with E-state index in [1.165, 1.54) is 0 Å². The number of hydrogen-bond donors (Lipinski definition) is 1. The van der Waals surface area contributed by atoms with E-state index in [1.807, 2.05) is 28.0 Å². The van der Waals surface area contributed by atoms with Crippen LogP contribution >= 0.6 is 0 Å². The summed E-state index contributed by atoms with van der Waals surface area (Å²) >= 11 is 0. The molecule has 140 valence electrons. The van der Waals surface area contributed by atoms with Gasteiger partial charge in [0, 0.05) is 37.8 Å². The third-order valence-electron chi connectivity index (χ3n) is 5.38. The first kappa shape index (κ1) is 18.3. The maximum absolute atomic E-state index is 12.8. The van der Waals surface area contributed by atoms with Crippen molar-refractivity contribution in [2.24, 2.45) is 0 Å². The van der Waals surface area contributed by atoms with Gasteiger partial charge in [-0.15, -0.1) is 6.58 Å². The van der Waals surface area contributed by atoms with Gasteiger partial charge in [0.15, 0.2) is 0 Å². The molecule has 2 aliphatic rings. The predicted molar refractivity (Wildman–Crippen MR) is 101 cm³/mol. The smallest absolute Gasteiger partial charge is 0.321 e. The number of methoxy groups -OCH3 is 1. The number of nitrogens with zero attached hydrogens (tertiary/aromatic N) is 2. The van der Waals surface area contributed by atoms with Crippen molar-refractivity contribution in [3.8, 4) is 5.75 Å². The molecule has 1 aromatic carbocycles. The lowest BCUT2D eigenvalue weighted by Crippen LogP contribution is -2.63. The Hall–Kier alpha value is -2.50. The number of carbonyl (C=O) groups is 2. The van der Waals surface area contributed by atoms with Gasteiger partial charge in [-0.1, -0.05) is 12.1 Å². The molecule has 6 nitrogen and oxygen atoms in total. The Morgan fingerprint density at radius 3 is 2.96 bits per heavy atom. The lowest BCUT2D eigenvalue weighted by Gasteiger charge is -2.51. The van der Waals surface area contributed by atoms with E-state index in [9.17, 15) is 9.59 Å². The van der Waals surface area contributed by atoms with Crippen molar-refractivity contribution in [3.05, 3.63) is 36.9 Å². The summed E-state index contributed by atoms with van der Waals surface area (Å²) in [6.07, 6.45) is 6.03. The standard InChI is InChI=1S/C20H27N3O3/c1-3-12-23-18(24)9-5-10-20(23)11-6-13-22(15-20)19(25)21-16-7-4-8-17(14-16)26-2/h3-4,7-8,14H,1,5-6,9-13,15H2,2H3,(H,21,25)/t20-/m0/s1. The molecule has 2 fully saturated rings. The van der Waals surface area contributed by atoms with E-state index in [0.29, 0.717) is 37.5 Å². The molecule has 1 N–H and O–H groups in total. The van der Waals surface area contributed by atoms with Crippen molar-refractivity contribution in [1.29, 1.82) is 0 Å². The number of carbonyl (C=O) groups excluding carboxylic acids is 2. The van der Waals surface area contributed by atoms with E-state index in [1.54, 1.807) is 19.3 Å². The number of amides is 3. The van der Waals surface area contributed by atoms with Crippen LogP contribution in [0.25, 0.3) is 0 Å². The summed E-state index contributed by atoms with van der Waals surface area (Å²) in [5.41, 5.74) is 0.449. The van der Waals surface area contributed by atoms with Crippen LogP contribution in [0.2, 0.25) is 0 Å². The van der Waals surface area contributed by atoms with Crippen molar-refractivity contribution >= 4 is 17.6 Å². The van der Waals surface area contributed by atoms with Crippen LogP contribution in [0.15, 0.2) is 36.9 Å². The van der Waals surface area contributed by atoms with Crippen molar-refractivity contribution in [2.45, 2.75) is 37.6 Å². The molecule has 1 aromatic rings. The molecule has 0 radical (unpaired) electrons. The number of likely N-dealkylation sites (tertiary alicyclic amines) is 2. The monoisotopic (exact) mass is 357 g/mol. The molecule has 2 saturated heterocycles. The van der Waals surface area contributed by atoms with Crippen LogP contribution in [0.4, 0.5) is 10.5 Å². The molecule has 1 spiro atoms. The highest BCUT2D eigenvalue weighted by molar-refractivity contribution is 5.89. The minimum Gasteiger partial charge on any atom is -0.497 e. The maximum Gasteiger partial charge on any atom is 0.321 e. The highest BCUT2D eigenvalue weighted by Crippen LogP contribution is 2.36. The fraction of sp³-hybridized carbons (Fsp3) is 0.500. The van der Waals surface area contributed by atoms with Crippen LogP contribution in [0, 0.1) is 0 Å². The number of urea groups is 1. The topological polar surface area (TPSA) is 61.9 Å². The quantitative estimate of drug-likeness (QED) is 0.842. The minimum absolute atomic E-state index is 0.131. The average Bonchev–Trinajstić information content (AvgIpc) is 2.65. The van der Waals surface area contributed by atoms with Crippen molar-refractivity contribution in [3.63, 3.8) is 0 Å². The van der Waals surface area contributed by atoms with E-state index in [0.717, 1.165) is 25.7 Å². The van der Waals surface area contributed by atoms with Crippen LogP contribution in [0.1, 0.15) is 32.1 Å². The highest BCUT2D eigenvalue weighted by Gasteiger charge is 2.45. The molecule has 0 aromatic heterocycles. The van der Waals surface area contributed by atoms with Gasteiger partial charge in [-0.3, -0.25) is 4.79 Å². The summed E-state index contributed by atoms with van der Waals surface area (Å²) in [4.78, 5) is 29.0. The second-order valence-electron chi connectivity index (χ2n) is 7.06.